The zero-order valence-electron chi connectivity index (χ0n) is 13.1. The SMILES string of the molecule is CCC1=NN(C(=O)c2ccccc2O)C(O)(c2ccc(Br)cc2)C1. The van der Waals surface area contributed by atoms with Crippen molar-refractivity contribution in [2.45, 2.75) is 25.5 Å². The Labute approximate surface area is 148 Å². The lowest BCUT2D eigenvalue weighted by Crippen LogP contribution is -2.43. The first-order valence-corrected chi connectivity index (χ1v) is 8.42. The minimum Gasteiger partial charge on any atom is -0.507 e. The predicted molar refractivity (Wildman–Crippen MR) is 94.7 cm³/mol. The van der Waals surface area contributed by atoms with Crippen LogP contribution in [0.25, 0.3) is 0 Å². The summed E-state index contributed by atoms with van der Waals surface area (Å²) in [5.74, 6) is -0.678. The van der Waals surface area contributed by atoms with E-state index in [0.29, 0.717) is 12.0 Å². The molecule has 0 aromatic heterocycles. The number of aromatic hydroxyl groups is 1. The van der Waals surface area contributed by atoms with Crippen LogP contribution in [0.3, 0.4) is 0 Å². The van der Waals surface area contributed by atoms with Gasteiger partial charge in [0.2, 0.25) is 0 Å². The Morgan fingerprint density at radius 1 is 1.25 bits per heavy atom. The Morgan fingerprint density at radius 3 is 2.54 bits per heavy atom. The Kier molecular flexibility index (Phi) is 4.43. The van der Waals surface area contributed by atoms with Crippen molar-refractivity contribution in [3.63, 3.8) is 0 Å². The molecule has 0 saturated carbocycles. The zero-order valence-corrected chi connectivity index (χ0v) is 14.7. The van der Waals surface area contributed by atoms with Crippen LogP contribution in [-0.4, -0.2) is 26.8 Å². The first-order chi connectivity index (χ1) is 11.5. The average Bonchev–Trinajstić information content (AvgIpc) is 2.93. The lowest BCUT2D eigenvalue weighted by molar-refractivity contribution is -0.0766. The first kappa shape index (κ1) is 16.7. The maximum atomic E-state index is 12.9. The molecule has 1 amide bonds. The van der Waals surface area contributed by atoms with Crippen molar-refractivity contribution in [1.82, 2.24) is 5.01 Å². The quantitative estimate of drug-likeness (QED) is 0.843. The van der Waals surface area contributed by atoms with Crippen LogP contribution < -0.4 is 0 Å². The highest BCUT2D eigenvalue weighted by molar-refractivity contribution is 9.10. The van der Waals surface area contributed by atoms with Gasteiger partial charge in [0.15, 0.2) is 5.72 Å². The fourth-order valence-electron chi connectivity index (χ4n) is 2.74. The number of phenols is 1. The van der Waals surface area contributed by atoms with E-state index in [-0.39, 0.29) is 17.7 Å². The number of para-hydroxylation sites is 1. The predicted octanol–water partition coefficient (Wildman–Crippen LogP) is 3.61. The van der Waals surface area contributed by atoms with Gasteiger partial charge < -0.3 is 10.2 Å². The van der Waals surface area contributed by atoms with Gasteiger partial charge >= 0.3 is 0 Å². The first-order valence-electron chi connectivity index (χ1n) is 7.63. The molecule has 2 aromatic carbocycles. The molecule has 0 aliphatic carbocycles. The van der Waals surface area contributed by atoms with E-state index in [1.165, 1.54) is 12.1 Å². The van der Waals surface area contributed by atoms with E-state index in [4.69, 9.17) is 0 Å². The maximum Gasteiger partial charge on any atom is 0.280 e. The van der Waals surface area contributed by atoms with Crippen LogP contribution >= 0.6 is 15.9 Å². The van der Waals surface area contributed by atoms with Gasteiger partial charge in [0.25, 0.3) is 5.91 Å². The summed E-state index contributed by atoms with van der Waals surface area (Å²) in [7, 11) is 0. The Bertz CT molecular complexity index is 804. The van der Waals surface area contributed by atoms with Crippen LogP contribution in [0.2, 0.25) is 0 Å². The van der Waals surface area contributed by atoms with Crippen molar-refractivity contribution in [3.8, 4) is 5.75 Å². The second kappa shape index (κ2) is 6.37. The topological polar surface area (TPSA) is 73.1 Å². The van der Waals surface area contributed by atoms with Gasteiger partial charge in [-0.25, -0.2) is 0 Å². The van der Waals surface area contributed by atoms with E-state index in [1.807, 2.05) is 6.92 Å². The minimum absolute atomic E-state index is 0.106. The summed E-state index contributed by atoms with van der Waals surface area (Å²) in [6.07, 6.45) is 0.869. The molecule has 2 N–H and O–H groups in total. The van der Waals surface area contributed by atoms with Gasteiger partial charge in [-0.1, -0.05) is 47.1 Å². The number of carbonyl (C=O) groups is 1. The number of hydrogen-bond acceptors (Lipinski definition) is 4. The minimum atomic E-state index is -1.56. The summed E-state index contributed by atoms with van der Waals surface area (Å²) in [6, 6.07) is 13.4. The number of benzene rings is 2. The summed E-state index contributed by atoms with van der Waals surface area (Å²) in [5.41, 5.74) is -0.161. The van der Waals surface area contributed by atoms with Gasteiger partial charge in [-0.05, 0) is 30.7 Å². The molecule has 5 nitrogen and oxygen atoms in total. The van der Waals surface area contributed by atoms with E-state index in [1.54, 1.807) is 36.4 Å². The number of phenolic OH excluding ortho intramolecular Hbond substituents is 1. The molecule has 0 bridgehead atoms. The van der Waals surface area contributed by atoms with Crippen molar-refractivity contribution < 1.29 is 15.0 Å². The maximum absolute atomic E-state index is 12.9. The van der Waals surface area contributed by atoms with Gasteiger partial charge in [0.05, 0.1) is 5.56 Å². The molecule has 0 fully saturated rings. The van der Waals surface area contributed by atoms with Gasteiger partial charge in [-0.3, -0.25) is 4.79 Å². The molecule has 1 heterocycles. The van der Waals surface area contributed by atoms with Crippen molar-refractivity contribution in [1.29, 1.82) is 0 Å². The number of carbonyl (C=O) groups excluding carboxylic acids is 1. The molecule has 0 radical (unpaired) electrons. The fourth-order valence-corrected chi connectivity index (χ4v) is 3.00. The largest absolute Gasteiger partial charge is 0.507 e. The molecule has 124 valence electrons. The second-order valence-electron chi connectivity index (χ2n) is 5.65. The number of hydrogen-bond donors (Lipinski definition) is 2. The van der Waals surface area contributed by atoms with Gasteiger partial charge in [0, 0.05) is 22.2 Å². The average molecular weight is 389 g/mol. The molecular formula is C18H17BrN2O3. The number of aliphatic hydroxyl groups is 1. The second-order valence-corrected chi connectivity index (χ2v) is 6.57. The molecule has 3 rings (SSSR count). The lowest BCUT2D eigenvalue weighted by atomic mass is 9.96. The highest BCUT2D eigenvalue weighted by Crippen LogP contribution is 2.38. The standard InChI is InChI=1S/C18H17BrN2O3/c1-2-14-11-18(24,12-7-9-13(19)10-8-12)21(20-14)17(23)15-5-3-4-6-16(15)22/h3-10,22,24H,2,11H2,1H3. The fraction of sp³-hybridized carbons (Fsp3) is 0.222. The number of nitrogens with zero attached hydrogens (tertiary/aromatic N) is 2. The summed E-state index contributed by atoms with van der Waals surface area (Å²) in [4.78, 5) is 12.9. The molecule has 2 aromatic rings. The Morgan fingerprint density at radius 2 is 1.92 bits per heavy atom. The molecule has 1 aliphatic rings. The third-order valence-corrected chi connectivity index (χ3v) is 4.61. The van der Waals surface area contributed by atoms with E-state index < -0.39 is 11.6 Å². The smallest absolute Gasteiger partial charge is 0.280 e. The summed E-state index contributed by atoms with van der Waals surface area (Å²) >= 11 is 3.36. The zero-order chi connectivity index (χ0) is 17.3. The van der Waals surface area contributed by atoms with Crippen molar-refractivity contribution in [2.24, 2.45) is 5.10 Å². The third-order valence-electron chi connectivity index (χ3n) is 4.08. The van der Waals surface area contributed by atoms with E-state index in [0.717, 1.165) is 15.2 Å². The molecule has 1 unspecified atom stereocenters. The van der Waals surface area contributed by atoms with E-state index >= 15 is 0 Å². The van der Waals surface area contributed by atoms with Gasteiger partial charge in [-0.15, -0.1) is 0 Å². The molecule has 0 saturated heterocycles. The monoisotopic (exact) mass is 388 g/mol. The van der Waals surface area contributed by atoms with Gasteiger partial charge in [0.1, 0.15) is 5.75 Å². The van der Waals surface area contributed by atoms with Crippen LogP contribution in [0.1, 0.15) is 35.7 Å². The van der Waals surface area contributed by atoms with E-state index in [9.17, 15) is 15.0 Å². The van der Waals surface area contributed by atoms with Crippen molar-refractivity contribution >= 4 is 27.5 Å². The highest BCUT2D eigenvalue weighted by atomic mass is 79.9. The number of rotatable bonds is 3. The Balaban J connectivity index is 2.05. The summed E-state index contributed by atoms with van der Waals surface area (Å²) in [6.45, 7) is 1.93. The molecule has 1 atom stereocenters. The highest BCUT2D eigenvalue weighted by Gasteiger charge is 2.46. The molecule has 6 heteroatoms. The van der Waals surface area contributed by atoms with E-state index in [2.05, 4.69) is 21.0 Å². The number of amides is 1. The molecule has 0 spiro atoms. The summed E-state index contributed by atoms with van der Waals surface area (Å²) < 4.78 is 0.878. The number of halogens is 1. The van der Waals surface area contributed by atoms with Crippen LogP contribution in [0, 0.1) is 0 Å². The normalized spacial score (nSPS) is 20.1. The van der Waals surface area contributed by atoms with Crippen molar-refractivity contribution in [3.05, 3.63) is 64.1 Å². The van der Waals surface area contributed by atoms with Crippen LogP contribution in [-0.2, 0) is 5.72 Å². The third kappa shape index (κ3) is 2.83. The Hall–Kier alpha value is -2.18. The molecule has 1 aliphatic heterocycles. The van der Waals surface area contributed by atoms with Crippen LogP contribution in [0.5, 0.6) is 5.75 Å². The van der Waals surface area contributed by atoms with Crippen LogP contribution in [0.4, 0.5) is 0 Å². The lowest BCUT2D eigenvalue weighted by Gasteiger charge is -2.31. The van der Waals surface area contributed by atoms with Crippen molar-refractivity contribution in [2.75, 3.05) is 0 Å². The van der Waals surface area contributed by atoms with Gasteiger partial charge in [-0.2, -0.15) is 10.1 Å². The van der Waals surface area contributed by atoms with Crippen LogP contribution in [0.15, 0.2) is 58.1 Å². The molecule has 24 heavy (non-hydrogen) atoms. The summed E-state index contributed by atoms with van der Waals surface area (Å²) in [5, 5.41) is 26.6. The molecular weight excluding hydrogens is 372 g/mol. The number of hydrazone groups is 1.